The molecule has 0 aliphatic heterocycles. The fraction of sp³-hybridized carbons (Fsp3) is 0.200. The highest BCUT2D eigenvalue weighted by molar-refractivity contribution is 5.74. The SMILES string of the molecule is CCc1nnc2c(N)cc(-c3ccc(OC(F)(F)F)cc3)cn12. The second-order valence-electron chi connectivity index (χ2n) is 4.92. The van der Waals surface area contributed by atoms with Crippen LogP contribution in [0.3, 0.4) is 0 Å². The van der Waals surface area contributed by atoms with E-state index in [1.807, 2.05) is 13.1 Å². The van der Waals surface area contributed by atoms with Crippen molar-refractivity contribution in [2.45, 2.75) is 19.7 Å². The fourth-order valence-corrected chi connectivity index (χ4v) is 2.31. The van der Waals surface area contributed by atoms with E-state index in [0.717, 1.165) is 11.4 Å². The number of benzene rings is 1. The van der Waals surface area contributed by atoms with Gasteiger partial charge in [-0.05, 0) is 23.8 Å². The van der Waals surface area contributed by atoms with E-state index in [9.17, 15) is 13.2 Å². The van der Waals surface area contributed by atoms with Crippen LogP contribution in [0.4, 0.5) is 18.9 Å². The number of pyridine rings is 1. The molecule has 2 N–H and O–H groups in total. The molecule has 0 saturated heterocycles. The predicted octanol–water partition coefficient (Wildman–Crippen LogP) is 3.44. The number of hydrogen-bond acceptors (Lipinski definition) is 4. The van der Waals surface area contributed by atoms with Gasteiger partial charge in [0.1, 0.15) is 11.6 Å². The van der Waals surface area contributed by atoms with Gasteiger partial charge >= 0.3 is 6.36 Å². The number of ether oxygens (including phenoxy) is 1. The molecule has 0 fully saturated rings. The lowest BCUT2D eigenvalue weighted by Gasteiger charge is -2.10. The molecule has 0 atom stereocenters. The molecule has 2 heterocycles. The molecule has 120 valence electrons. The van der Waals surface area contributed by atoms with Crippen LogP contribution in [0.1, 0.15) is 12.7 Å². The van der Waals surface area contributed by atoms with Crippen molar-refractivity contribution < 1.29 is 17.9 Å². The molecule has 3 rings (SSSR count). The molecule has 0 aliphatic rings. The van der Waals surface area contributed by atoms with Gasteiger partial charge in [-0.15, -0.1) is 23.4 Å². The number of halogens is 3. The van der Waals surface area contributed by atoms with Crippen LogP contribution < -0.4 is 10.5 Å². The third-order valence-electron chi connectivity index (χ3n) is 3.34. The molecule has 0 aliphatic carbocycles. The summed E-state index contributed by atoms with van der Waals surface area (Å²) in [6.45, 7) is 1.95. The highest BCUT2D eigenvalue weighted by Crippen LogP contribution is 2.28. The summed E-state index contributed by atoms with van der Waals surface area (Å²) in [6.07, 6.45) is -2.21. The Balaban J connectivity index is 1.99. The van der Waals surface area contributed by atoms with Crippen molar-refractivity contribution in [1.82, 2.24) is 14.6 Å². The number of hydrogen-bond donors (Lipinski definition) is 1. The van der Waals surface area contributed by atoms with E-state index in [-0.39, 0.29) is 5.75 Å². The Kier molecular flexibility index (Phi) is 3.59. The third kappa shape index (κ3) is 3.05. The topological polar surface area (TPSA) is 65.4 Å². The number of nitrogens with two attached hydrogens (primary N) is 1. The summed E-state index contributed by atoms with van der Waals surface area (Å²) in [4.78, 5) is 0. The number of fused-ring (bicyclic) bond motifs is 1. The summed E-state index contributed by atoms with van der Waals surface area (Å²) in [5, 5.41) is 8.07. The van der Waals surface area contributed by atoms with E-state index in [0.29, 0.717) is 23.3 Å². The molecule has 0 radical (unpaired) electrons. The van der Waals surface area contributed by atoms with Gasteiger partial charge in [0.2, 0.25) is 0 Å². The molecule has 0 spiro atoms. The Hall–Kier alpha value is -2.77. The van der Waals surface area contributed by atoms with Crippen molar-refractivity contribution in [3.05, 3.63) is 42.4 Å². The monoisotopic (exact) mass is 322 g/mol. The highest BCUT2D eigenvalue weighted by atomic mass is 19.4. The molecule has 5 nitrogen and oxygen atoms in total. The van der Waals surface area contributed by atoms with E-state index >= 15 is 0 Å². The standard InChI is InChI=1S/C15H13F3N4O/c1-2-13-20-21-14-12(19)7-10(8-22(13)14)9-3-5-11(6-4-9)23-15(16,17)18/h3-8H,2,19H2,1H3. The van der Waals surface area contributed by atoms with E-state index in [1.165, 1.54) is 24.3 Å². The molecule has 0 bridgehead atoms. The lowest BCUT2D eigenvalue weighted by atomic mass is 10.1. The number of aromatic nitrogens is 3. The maximum absolute atomic E-state index is 12.2. The van der Waals surface area contributed by atoms with Gasteiger partial charge in [0.15, 0.2) is 5.65 Å². The number of rotatable bonds is 3. The number of alkyl halides is 3. The van der Waals surface area contributed by atoms with Gasteiger partial charge < -0.3 is 10.5 Å². The van der Waals surface area contributed by atoms with Crippen LogP contribution in [0, 0.1) is 0 Å². The van der Waals surface area contributed by atoms with Gasteiger partial charge in [-0.25, -0.2) is 0 Å². The number of nitrogens with zero attached hydrogens (tertiary/aromatic N) is 3. The first-order valence-electron chi connectivity index (χ1n) is 6.86. The normalized spacial score (nSPS) is 11.8. The molecule has 3 aromatic rings. The summed E-state index contributed by atoms with van der Waals surface area (Å²) < 4.78 is 42.2. The van der Waals surface area contributed by atoms with Gasteiger partial charge in [-0.3, -0.25) is 4.40 Å². The van der Waals surface area contributed by atoms with E-state index < -0.39 is 6.36 Å². The molecule has 2 aromatic heterocycles. The van der Waals surface area contributed by atoms with Crippen molar-refractivity contribution in [2.75, 3.05) is 5.73 Å². The maximum Gasteiger partial charge on any atom is 0.573 e. The van der Waals surface area contributed by atoms with Gasteiger partial charge in [0.05, 0.1) is 5.69 Å². The zero-order valence-electron chi connectivity index (χ0n) is 12.1. The van der Waals surface area contributed by atoms with Crippen LogP contribution in [0.2, 0.25) is 0 Å². The Morgan fingerprint density at radius 1 is 1.13 bits per heavy atom. The highest BCUT2D eigenvalue weighted by Gasteiger charge is 2.30. The van der Waals surface area contributed by atoms with Crippen LogP contribution in [0.25, 0.3) is 16.8 Å². The molecule has 23 heavy (non-hydrogen) atoms. The zero-order valence-corrected chi connectivity index (χ0v) is 12.1. The minimum atomic E-state index is -4.70. The van der Waals surface area contributed by atoms with Gasteiger partial charge in [0.25, 0.3) is 0 Å². The van der Waals surface area contributed by atoms with Gasteiger partial charge in [-0.2, -0.15) is 0 Å². The summed E-state index contributed by atoms with van der Waals surface area (Å²) in [5.41, 5.74) is 8.45. The van der Waals surface area contributed by atoms with Crippen molar-refractivity contribution in [3.63, 3.8) is 0 Å². The number of nitrogen functional groups attached to an aromatic ring is 1. The molecular weight excluding hydrogens is 309 g/mol. The maximum atomic E-state index is 12.2. The number of anilines is 1. The Labute approximate surface area is 129 Å². The molecule has 0 amide bonds. The average Bonchev–Trinajstić information content (AvgIpc) is 2.90. The summed E-state index contributed by atoms with van der Waals surface area (Å²) in [7, 11) is 0. The van der Waals surface area contributed by atoms with Crippen LogP contribution in [-0.2, 0) is 6.42 Å². The van der Waals surface area contributed by atoms with Crippen LogP contribution >= 0.6 is 0 Å². The summed E-state index contributed by atoms with van der Waals surface area (Å²) in [5.74, 6) is 0.486. The quantitative estimate of drug-likeness (QED) is 0.802. The first-order chi connectivity index (χ1) is 10.9. The zero-order chi connectivity index (χ0) is 16.6. The van der Waals surface area contributed by atoms with E-state index in [2.05, 4.69) is 14.9 Å². The second kappa shape index (κ2) is 5.45. The first kappa shape index (κ1) is 15.1. The van der Waals surface area contributed by atoms with E-state index in [1.54, 1.807) is 10.5 Å². The van der Waals surface area contributed by atoms with Crippen molar-refractivity contribution in [2.24, 2.45) is 0 Å². The van der Waals surface area contributed by atoms with Crippen LogP contribution in [0.15, 0.2) is 36.5 Å². The molecular formula is C15H13F3N4O. The van der Waals surface area contributed by atoms with Gasteiger partial charge in [0, 0.05) is 18.2 Å². The van der Waals surface area contributed by atoms with Crippen molar-refractivity contribution >= 4 is 11.3 Å². The third-order valence-corrected chi connectivity index (χ3v) is 3.34. The Bertz CT molecular complexity index is 840. The Morgan fingerprint density at radius 2 is 1.83 bits per heavy atom. The lowest BCUT2D eigenvalue weighted by Crippen LogP contribution is -2.16. The largest absolute Gasteiger partial charge is 0.573 e. The van der Waals surface area contributed by atoms with Crippen molar-refractivity contribution in [1.29, 1.82) is 0 Å². The smallest absolute Gasteiger partial charge is 0.406 e. The lowest BCUT2D eigenvalue weighted by molar-refractivity contribution is -0.274. The fourth-order valence-electron chi connectivity index (χ4n) is 2.31. The predicted molar refractivity (Wildman–Crippen MR) is 78.9 cm³/mol. The Morgan fingerprint density at radius 3 is 2.43 bits per heavy atom. The minimum Gasteiger partial charge on any atom is -0.406 e. The first-order valence-corrected chi connectivity index (χ1v) is 6.86. The molecule has 0 saturated carbocycles. The number of aryl methyl sites for hydroxylation is 1. The van der Waals surface area contributed by atoms with E-state index in [4.69, 9.17) is 5.73 Å². The minimum absolute atomic E-state index is 0.270. The van der Waals surface area contributed by atoms with Crippen molar-refractivity contribution in [3.8, 4) is 16.9 Å². The molecule has 1 aromatic carbocycles. The van der Waals surface area contributed by atoms with Crippen LogP contribution in [-0.4, -0.2) is 21.0 Å². The molecule has 8 heteroatoms. The summed E-state index contributed by atoms with van der Waals surface area (Å²) in [6, 6.07) is 7.31. The summed E-state index contributed by atoms with van der Waals surface area (Å²) >= 11 is 0. The van der Waals surface area contributed by atoms with Crippen LogP contribution in [0.5, 0.6) is 5.75 Å². The van der Waals surface area contributed by atoms with Gasteiger partial charge in [-0.1, -0.05) is 19.1 Å². The second-order valence-corrected chi connectivity index (χ2v) is 4.92. The average molecular weight is 322 g/mol. The molecule has 0 unspecified atom stereocenters.